The Morgan fingerprint density at radius 3 is 2.62 bits per heavy atom. The molecule has 0 aromatic carbocycles. The fourth-order valence-electron chi connectivity index (χ4n) is 1.60. The van der Waals surface area contributed by atoms with E-state index in [2.05, 4.69) is 48.5 Å². The first-order valence-electron chi connectivity index (χ1n) is 6.12. The summed E-state index contributed by atoms with van der Waals surface area (Å²) in [6.07, 6.45) is 2.34. The van der Waals surface area contributed by atoms with Gasteiger partial charge in [-0.2, -0.15) is 0 Å². The zero-order chi connectivity index (χ0) is 12.0. The van der Waals surface area contributed by atoms with E-state index in [4.69, 9.17) is 0 Å². The van der Waals surface area contributed by atoms with Crippen molar-refractivity contribution in [2.24, 2.45) is 5.92 Å². The van der Waals surface area contributed by atoms with Crippen molar-refractivity contribution in [3.8, 4) is 0 Å². The normalized spacial score (nSPS) is 13.3. The summed E-state index contributed by atoms with van der Waals surface area (Å²) >= 11 is 0. The van der Waals surface area contributed by atoms with Crippen LogP contribution in [0.25, 0.3) is 0 Å². The van der Waals surface area contributed by atoms with Crippen molar-refractivity contribution in [3.63, 3.8) is 0 Å². The quantitative estimate of drug-likeness (QED) is 0.768. The summed E-state index contributed by atoms with van der Waals surface area (Å²) in [5.41, 5.74) is 0. The fourth-order valence-corrected chi connectivity index (χ4v) is 1.60. The minimum Gasteiger partial charge on any atom is -0.310 e. The molecule has 0 spiro atoms. The summed E-state index contributed by atoms with van der Waals surface area (Å²) in [5.74, 6) is 1.66. The van der Waals surface area contributed by atoms with Crippen LogP contribution in [0.3, 0.4) is 0 Å². The van der Waals surface area contributed by atoms with Crippen molar-refractivity contribution in [1.82, 2.24) is 25.5 Å². The summed E-state index contributed by atoms with van der Waals surface area (Å²) in [6, 6.07) is 0.381. The highest BCUT2D eigenvalue weighted by molar-refractivity contribution is 4.82. The molecule has 1 aromatic rings. The van der Waals surface area contributed by atoms with Crippen LogP contribution in [0.15, 0.2) is 0 Å². The number of aromatic nitrogens is 4. The molecule has 1 heterocycles. The predicted octanol–water partition coefficient (Wildman–Crippen LogP) is 1.78. The van der Waals surface area contributed by atoms with Crippen LogP contribution in [0.2, 0.25) is 0 Å². The maximum atomic E-state index is 4.06. The third-order valence-corrected chi connectivity index (χ3v) is 2.67. The van der Waals surface area contributed by atoms with E-state index in [0.29, 0.717) is 6.04 Å². The molecule has 1 rings (SSSR count). The van der Waals surface area contributed by atoms with E-state index in [1.165, 1.54) is 6.42 Å². The highest BCUT2D eigenvalue weighted by Crippen LogP contribution is 2.16. The maximum absolute atomic E-state index is 4.06. The average molecular weight is 225 g/mol. The smallest absolute Gasteiger partial charge is 0.165 e. The number of hydrogen-bond acceptors (Lipinski definition) is 4. The molecule has 16 heavy (non-hydrogen) atoms. The molecule has 1 N–H and O–H groups in total. The van der Waals surface area contributed by atoms with Crippen molar-refractivity contribution >= 4 is 0 Å². The molecular formula is C11H23N5. The Labute approximate surface area is 97.6 Å². The molecule has 5 heteroatoms. The van der Waals surface area contributed by atoms with Crippen LogP contribution in [-0.4, -0.2) is 26.8 Å². The van der Waals surface area contributed by atoms with Gasteiger partial charge in [0.15, 0.2) is 5.82 Å². The second-order valence-corrected chi connectivity index (χ2v) is 4.64. The van der Waals surface area contributed by atoms with Gasteiger partial charge in [0.1, 0.15) is 0 Å². The lowest BCUT2D eigenvalue weighted by molar-refractivity contribution is 0.390. The van der Waals surface area contributed by atoms with Crippen LogP contribution in [0.1, 0.15) is 52.4 Å². The Kier molecular flexibility index (Phi) is 5.38. The van der Waals surface area contributed by atoms with E-state index in [9.17, 15) is 0 Å². The zero-order valence-electron chi connectivity index (χ0n) is 10.8. The summed E-state index contributed by atoms with van der Waals surface area (Å²) < 4.78 is 1.94. The molecule has 0 fully saturated rings. The van der Waals surface area contributed by atoms with E-state index in [0.717, 1.165) is 31.3 Å². The SMILES string of the molecule is CCNCc1nnnn1C(C)CCC(C)C. The molecule has 0 bridgehead atoms. The lowest BCUT2D eigenvalue weighted by Gasteiger charge is -2.14. The molecule has 1 aromatic heterocycles. The van der Waals surface area contributed by atoms with E-state index < -0.39 is 0 Å². The fraction of sp³-hybridized carbons (Fsp3) is 0.909. The standard InChI is InChI=1S/C11H23N5/c1-5-12-8-11-13-14-15-16(11)10(4)7-6-9(2)3/h9-10,12H,5-8H2,1-4H3. The van der Waals surface area contributed by atoms with Gasteiger partial charge in [-0.15, -0.1) is 5.10 Å². The van der Waals surface area contributed by atoms with Gasteiger partial charge in [-0.25, -0.2) is 4.68 Å². The van der Waals surface area contributed by atoms with Gasteiger partial charge in [-0.1, -0.05) is 20.8 Å². The van der Waals surface area contributed by atoms with Crippen molar-refractivity contribution in [3.05, 3.63) is 5.82 Å². The molecule has 0 aliphatic rings. The largest absolute Gasteiger partial charge is 0.310 e. The van der Waals surface area contributed by atoms with Gasteiger partial charge in [0.2, 0.25) is 0 Å². The number of rotatable bonds is 7. The topological polar surface area (TPSA) is 55.6 Å². The molecular weight excluding hydrogens is 202 g/mol. The number of nitrogens with zero attached hydrogens (tertiary/aromatic N) is 4. The van der Waals surface area contributed by atoms with Gasteiger partial charge < -0.3 is 5.32 Å². The van der Waals surface area contributed by atoms with Crippen LogP contribution in [-0.2, 0) is 6.54 Å². The maximum Gasteiger partial charge on any atom is 0.165 e. The summed E-state index contributed by atoms with van der Waals surface area (Å²) in [6.45, 7) is 10.4. The molecule has 0 amide bonds. The van der Waals surface area contributed by atoms with E-state index in [1.54, 1.807) is 0 Å². The second kappa shape index (κ2) is 6.58. The van der Waals surface area contributed by atoms with Gasteiger partial charge in [0.25, 0.3) is 0 Å². The van der Waals surface area contributed by atoms with Gasteiger partial charge in [0, 0.05) is 0 Å². The highest BCUT2D eigenvalue weighted by Gasteiger charge is 2.12. The lowest BCUT2D eigenvalue weighted by atomic mass is 10.0. The van der Waals surface area contributed by atoms with Crippen LogP contribution in [0.5, 0.6) is 0 Å². The van der Waals surface area contributed by atoms with Gasteiger partial charge in [-0.3, -0.25) is 0 Å². The van der Waals surface area contributed by atoms with Gasteiger partial charge >= 0.3 is 0 Å². The third kappa shape index (κ3) is 3.89. The first-order valence-corrected chi connectivity index (χ1v) is 6.12. The summed E-state index contributed by atoms with van der Waals surface area (Å²) in [7, 11) is 0. The number of tetrazole rings is 1. The van der Waals surface area contributed by atoms with Gasteiger partial charge in [0.05, 0.1) is 12.6 Å². The summed E-state index contributed by atoms with van der Waals surface area (Å²) in [5, 5.41) is 15.1. The zero-order valence-corrected chi connectivity index (χ0v) is 10.8. The van der Waals surface area contributed by atoms with Crippen molar-refractivity contribution < 1.29 is 0 Å². The van der Waals surface area contributed by atoms with E-state index in [-0.39, 0.29) is 0 Å². The molecule has 1 atom stereocenters. The van der Waals surface area contributed by atoms with E-state index >= 15 is 0 Å². The van der Waals surface area contributed by atoms with E-state index in [1.807, 2.05) is 4.68 Å². The minimum atomic E-state index is 0.381. The minimum absolute atomic E-state index is 0.381. The molecule has 0 saturated carbocycles. The molecule has 5 nitrogen and oxygen atoms in total. The Hall–Kier alpha value is -0.970. The Morgan fingerprint density at radius 1 is 1.25 bits per heavy atom. The summed E-state index contributed by atoms with van der Waals surface area (Å²) in [4.78, 5) is 0. The van der Waals surface area contributed by atoms with Crippen LogP contribution in [0.4, 0.5) is 0 Å². The second-order valence-electron chi connectivity index (χ2n) is 4.64. The Morgan fingerprint density at radius 2 is 2.00 bits per heavy atom. The van der Waals surface area contributed by atoms with Gasteiger partial charge in [-0.05, 0) is 42.7 Å². The molecule has 0 aliphatic carbocycles. The monoisotopic (exact) mass is 225 g/mol. The average Bonchev–Trinajstić information content (AvgIpc) is 2.71. The van der Waals surface area contributed by atoms with Crippen molar-refractivity contribution in [2.75, 3.05) is 6.54 Å². The first-order chi connectivity index (χ1) is 7.65. The van der Waals surface area contributed by atoms with Crippen LogP contribution >= 0.6 is 0 Å². The van der Waals surface area contributed by atoms with Crippen molar-refractivity contribution in [1.29, 1.82) is 0 Å². The third-order valence-electron chi connectivity index (χ3n) is 2.67. The molecule has 1 unspecified atom stereocenters. The molecule has 0 saturated heterocycles. The molecule has 92 valence electrons. The predicted molar refractivity (Wildman–Crippen MR) is 64.0 cm³/mol. The first kappa shape index (κ1) is 13.1. The van der Waals surface area contributed by atoms with Crippen LogP contribution < -0.4 is 5.32 Å². The lowest BCUT2D eigenvalue weighted by Crippen LogP contribution is -2.19. The Bertz CT molecular complexity index is 294. The number of hydrogen-bond donors (Lipinski definition) is 1. The van der Waals surface area contributed by atoms with Crippen molar-refractivity contribution in [2.45, 2.75) is 53.1 Å². The Balaban J connectivity index is 2.53. The van der Waals surface area contributed by atoms with Crippen LogP contribution in [0, 0.1) is 5.92 Å². The molecule has 0 radical (unpaired) electrons. The molecule has 0 aliphatic heterocycles. The highest BCUT2D eigenvalue weighted by atomic mass is 15.6. The number of nitrogens with one attached hydrogen (secondary N) is 1.